The highest BCUT2D eigenvalue weighted by Crippen LogP contribution is 2.15. The molecule has 17 heavy (non-hydrogen) atoms. The molecular weight excluding hydrogens is 212 g/mol. The number of hydrogen-bond donors (Lipinski definition) is 1. The molecule has 0 saturated heterocycles. The summed E-state index contributed by atoms with van der Waals surface area (Å²) in [7, 11) is 0. The van der Waals surface area contributed by atoms with Crippen LogP contribution < -0.4 is 0 Å². The molecule has 0 heterocycles. The SMILES string of the molecule is CCCCCCCCCC/C(C(C)=O)=C(\C)O. The molecule has 0 unspecified atom stereocenters. The first-order valence-electron chi connectivity index (χ1n) is 6.99. The fourth-order valence-corrected chi connectivity index (χ4v) is 2.05. The highest BCUT2D eigenvalue weighted by molar-refractivity contribution is 5.93. The van der Waals surface area contributed by atoms with Crippen molar-refractivity contribution in [1.29, 1.82) is 0 Å². The normalized spacial score (nSPS) is 12.4. The molecular formula is C15H28O2. The average molecular weight is 240 g/mol. The van der Waals surface area contributed by atoms with E-state index < -0.39 is 0 Å². The number of aliphatic hydroxyl groups excluding tert-OH is 1. The lowest BCUT2D eigenvalue weighted by atomic mass is 10.0. The maximum absolute atomic E-state index is 11.2. The molecule has 0 aromatic heterocycles. The molecule has 0 aliphatic heterocycles. The molecule has 0 amide bonds. The van der Waals surface area contributed by atoms with Crippen molar-refractivity contribution in [2.75, 3.05) is 0 Å². The molecule has 0 radical (unpaired) electrons. The number of hydrogen-bond acceptors (Lipinski definition) is 2. The van der Waals surface area contributed by atoms with Crippen molar-refractivity contribution in [2.24, 2.45) is 0 Å². The third-order valence-corrected chi connectivity index (χ3v) is 3.14. The average Bonchev–Trinajstić information content (AvgIpc) is 2.26. The van der Waals surface area contributed by atoms with Crippen LogP contribution in [0.4, 0.5) is 0 Å². The van der Waals surface area contributed by atoms with Crippen molar-refractivity contribution >= 4 is 5.78 Å². The lowest BCUT2D eigenvalue weighted by molar-refractivity contribution is -0.113. The zero-order valence-corrected chi connectivity index (χ0v) is 11.7. The first-order valence-corrected chi connectivity index (χ1v) is 6.99. The van der Waals surface area contributed by atoms with E-state index in [1.807, 2.05) is 0 Å². The van der Waals surface area contributed by atoms with Crippen LogP contribution in [-0.4, -0.2) is 10.9 Å². The smallest absolute Gasteiger partial charge is 0.159 e. The first-order chi connectivity index (χ1) is 8.09. The lowest BCUT2D eigenvalue weighted by Crippen LogP contribution is -2.00. The Morgan fingerprint density at radius 3 is 1.76 bits per heavy atom. The highest BCUT2D eigenvalue weighted by Gasteiger charge is 2.07. The van der Waals surface area contributed by atoms with E-state index in [1.165, 1.54) is 45.4 Å². The summed E-state index contributed by atoms with van der Waals surface area (Å²) in [5.41, 5.74) is 0.607. The Kier molecular flexibility index (Phi) is 9.89. The van der Waals surface area contributed by atoms with E-state index in [9.17, 15) is 9.90 Å². The van der Waals surface area contributed by atoms with E-state index in [1.54, 1.807) is 6.92 Å². The number of carbonyl (C=O) groups is 1. The van der Waals surface area contributed by atoms with E-state index in [2.05, 4.69) is 6.92 Å². The van der Waals surface area contributed by atoms with E-state index in [4.69, 9.17) is 0 Å². The maximum atomic E-state index is 11.2. The minimum Gasteiger partial charge on any atom is -0.512 e. The van der Waals surface area contributed by atoms with E-state index in [0.29, 0.717) is 5.57 Å². The first kappa shape index (κ1) is 16.2. The predicted octanol–water partition coefficient (Wildman–Crippen LogP) is 4.94. The van der Waals surface area contributed by atoms with Gasteiger partial charge in [-0.2, -0.15) is 0 Å². The molecule has 0 aromatic carbocycles. The Hall–Kier alpha value is -0.790. The summed E-state index contributed by atoms with van der Waals surface area (Å²) in [5, 5.41) is 9.34. The number of unbranched alkanes of at least 4 members (excludes halogenated alkanes) is 7. The quantitative estimate of drug-likeness (QED) is 0.333. The molecule has 0 rings (SSSR count). The Morgan fingerprint density at radius 2 is 1.35 bits per heavy atom. The van der Waals surface area contributed by atoms with Crippen LogP contribution in [0.1, 0.15) is 78.6 Å². The minimum absolute atomic E-state index is 0.00736. The number of carbonyl (C=O) groups excluding carboxylic acids is 1. The summed E-state index contributed by atoms with van der Waals surface area (Å²) in [6.07, 6.45) is 10.8. The Bertz CT molecular complexity index is 237. The lowest BCUT2D eigenvalue weighted by Gasteiger charge is -2.05. The number of Topliss-reactive ketones (excluding diaryl/α,β-unsaturated/α-hetero) is 1. The molecule has 0 aliphatic carbocycles. The fourth-order valence-electron chi connectivity index (χ4n) is 2.05. The van der Waals surface area contributed by atoms with Crippen LogP contribution >= 0.6 is 0 Å². The van der Waals surface area contributed by atoms with Gasteiger partial charge in [-0.25, -0.2) is 0 Å². The van der Waals surface area contributed by atoms with Crippen molar-refractivity contribution < 1.29 is 9.90 Å². The topological polar surface area (TPSA) is 37.3 Å². The van der Waals surface area contributed by atoms with Crippen LogP contribution in [0.15, 0.2) is 11.3 Å². The number of rotatable bonds is 10. The largest absolute Gasteiger partial charge is 0.512 e. The molecule has 0 spiro atoms. The predicted molar refractivity (Wildman–Crippen MR) is 73.2 cm³/mol. The summed E-state index contributed by atoms with van der Waals surface area (Å²) >= 11 is 0. The van der Waals surface area contributed by atoms with Gasteiger partial charge in [0.15, 0.2) is 5.78 Å². The second-order valence-corrected chi connectivity index (χ2v) is 4.85. The molecule has 1 N–H and O–H groups in total. The van der Waals surface area contributed by atoms with Gasteiger partial charge in [0.2, 0.25) is 0 Å². The van der Waals surface area contributed by atoms with Crippen LogP contribution in [0.3, 0.4) is 0 Å². The fraction of sp³-hybridized carbons (Fsp3) is 0.800. The van der Waals surface area contributed by atoms with E-state index >= 15 is 0 Å². The van der Waals surface area contributed by atoms with Crippen molar-refractivity contribution in [1.82, 2.24) is 0 Å². The molecule has 100 valence electrons. The van der Waals surface area contributed by atoms with Crippen molar-refractivity contribution in [3.63, 3.8) is 0 Å². The van der Waals surface area contributed by atoms with Gasteiger partial charge in [-0.15, -0.1) is 0 Å². The van der Waals surface area contributed by atoms with Crippen molar-refractivity contribution in [3.8, 4) is 0 Å². The van der Waals surface area contributed by atoms with Crippen LogP contribution in [0.5, 0.6) is 0 Å². The maximum Gasteiger partial charge on any atom is 0.159 e. The molecule has 0 aromatic rings. The second kappa shape index (κ2) is 10.4. The molecule has 0 bridgehead atoms. The van der Waals surface area contributed by atoms with E-state index in [0.717, 1.165) is 19.3 Å². The van der Waals surface area contributed by atoms with E-state index in [-0.39, 0.29) is 11.5 Å². The number of aliphatic hydroxyl groups is 1. The van der Waals surface area contributed by atoms with Gasteiger partial charge in [0.05, 0.1) is 5.76 Å². The molecule has 0 saturated carbocycles. The minimum atomic E-state index is 0.00736. The van der Waals surface area contributed by atoms with Crippen LogP contribution in [-0.2, 0) is 4.79 Å². The van der Waals surface area contributed by atoms with Crippen molar-refractivity contribution in [2.45, 2.75) is 78.6 Å². The Balaban J connectivity index is 3.51. The summed E-state index contributed by atoms with van der Waals surface area (Å²) in [4.78, 5) is 11.2. The Labute approximate surface area is 106 Å². The van der Waals surface area contributed by atoms with Gasteiger partial charge in [-0.05, 0) is 26.7 Å². The zero-order chi connectivity index (χ0) is 13.1. The number of allylic oxidation sites excluding steroid dienone is 2. The summed E-state index contributed by atoms with van der Waals surface area (Å²) in [6.45, 7) is 5.36. The van der Waals surface area contributed by atoms with Crippen LogP contribution in [0.2, 0.25) is 0 Å². The van der Waals surface area contributed by atoms with Gasteiger partial charge in [-0.3, -0.25) is 4.79 Å². The second-order valence-electron chi connectivity index (χ2n) is 4.85. The molecule has 0 atom stereocenters. The number of ketones is 1. The van der Waals surface area contributed by atoms with Gasteiger partial charge in [0.25, 0.3) is 0 Å². The molecule has 0 aliphatic rings. The molecule has 0 fully saturated rings. The standard InChI is InChI=1S/C15H28O2/c1-4-5-6-7-8-9-10-11-12-15(13(2)16)14(3)17/h16H,4-12H2,1-3H3/b15-13-. The molecule has 2 heteroatoms. The summed E-state index contributed by atoms with van der Waals surface area (Å²) in [5.74, 6) is 0.202. The van der Waals surface area contributed by atoms with Crippen LogP contribution in [0, 0.1) is 0 Å². The summed E-state index contributed by atoms with van der Waals surface area (Å²) in [6, 6.07) is 0. The molecule has 2 nitrogen and oxygen atoms in total. The van der Waals surface area contributed by atoms with Crippen LogP contribution in [0.25, 0.3) is 0 Å². The monoisotopic (exact) mass is 240 g/mol. The third-order valence-electron chi connectivity index (χ3n) is 3.14. The third kappa shape index (κ3) is 8.96. The van der Waals surface area contributed by atoms with Gasteiger partial charge >= 0.3 is 0 Å². The zero-order valence-electron chi connectivity index (χ0n) is 11.7. The van der Waals surface area contributed by atoms with Gasteiger partial charge < -0.3 is 5.11 Å². The summed E-state index contributed by atoms with van der Waals surface area (Å²) < 4.78 is 0. The Morgan fingerprint density at radius 1 is 0.882 bits per heavy atom. The van der Waals surface area contributed by atoms with Crippen molar-refractivity contribution in [3.05, 3.63) is 11.3 Å². The highest BCUT2D eigenvalue weighted by atomic mass is 16.3. The van der Waals surface area contributed by atoms with Gasteiger partial charge in [-0.1, -0.05) is 51.9 Å². The van der Waals surface area contributed by atoms with Gasteiger partial charge in [0, 0.05) is 5.57 Å². The van der Waals surface area contributed by atoms with Gasteiger partial charge in [0.1, 0.15) is 0 Å².